The fourth-order valence-electron chi connectivity index (χ4n) is 2.83. The molecule has 1 fully saturated rings. The highest BCUT2D eigenvalue weighted by Gasteiger charge is 2.24. The molecule has 1 aromatic carbocycles. The third-order valence-corrected chi connectivity index (χ3v) is 3.99. The van der Waals surface area contributed by atoms with E-state index in [1.807, 2.05) is 12.1 Å². The first kappa shape index (κ1) is 15.3. The number of nitrogens with one attached hydrogen (secondary N) is 1. The quantitative estimate of drug-likeness (QED) is 0.867. The van der Waals surface area contributed by atoms with Crippen molar-refractivity contribution in [1.82, 2.24) is 10.2 Å². The number of nitrogens with zero attached hydrogens (tertiary/aromatic N) is 1. The summed E-state index contributed by atoms with van der Waals surface area (Å²) < 4.78 is 19.4. The summed E-state index contributed by atoms with van der Waals surface area (Å²) in [6.45, 7) is 6.12. The summed E-state index contributed by atoms with van der Waals surface area (Å²) in [5.41, 5.74) is 0.807. The third kappa shape index (κ3) is 3.70. The molecule has 2 rings (SSSR count). The Morgan fingerprint density at radius 1 is 1.35 bits per heavy atom. The van der Waals surface area contributed by atoms with E-state index in [1.165, 1.54) is 6.07 Å². The second-order valence-electron chi connectivity index (χ2n) is 5.33. The van der Waals surface area contributed by atoms with Gasteiger partial charge in [-0.15, -0.1) is 0 Å². The maximum Gasteiger partial charge on any atom is 0.131 e. The van der Waals surface area contributed by atoms with E-state index in [4.69, 9.17) is 4.74 Å². The molecule has 0 amide bonds. The molecule has 0 radical (unpaired) electrons. The summed E-state index contributed by atoms with van der Waals surface area (Å²) in [6, 6.07) is 5.43. The van der Waals surface area contributed by atoms with Gasteiger partial charge in [-0.2, -0.15) is 0 Å². The number of rotatable bonds is 6. The number of hydrogen-bond acceptors (Lipinski definition) is 3. The molecule has 1 heterocycles. The van der Waals surface area contributed by atoms with Gasteiger partial charge >= 0.3 is 0 Å². The minimum atomic E-state index is -0.149. The van der Waals surface area contributed by atoms with Gasteiger partial charge in [-0.05, 0) is 12.5 Å². The van der Waals surface area contributed by atoms with Crippen LogP contribution >= 0.6 is 0 Å². The Bertz CT molecular complexity index is 419. The highest BCUT2D eigenvalue weighted by atomic mass is 19.1. The van der Waals surface area contributed by atoms with Gasteiger partial charge in [0.05, 0.1) is 7.11 Å². The molecule has 1 atom stereocenters. The van der Waals surface area contributed by atoms with E-state index >= 15 is 0 Å². The van der Waals surface area contributed by atoms with Crippen molar-refractivity contribution in [3.05, 3.63) is 29.6 Å². The van der Waals surface area contributed by atoms with E-state index in [-0.39, 0.29) is 11.9 Å². The summed E-state index contributed by atoms with van der Waals surface area (Å²) in [5, 5.41) is 3.35. The van der Waals surface area contributed by atoms with Crippen LogP contribution in [0.15, 0.2) is 18.2 Å². The first-order valence-corrected chi connectivity index (χ1v) is 7.54. The van der Waals surface area contributed by atoms with Crippen molar-refractivity contribution in [2.75, 3.05) is 33.3 Å². The van der Waals surface area contributed by atoms with Crippen molar-refractivity contribution < 1.29 is 9.13 Å². The van der Waals surface area contributed by atoms with Gasteiger partial charge in [-0.3, -0.25) is 4.90 Å². The number of piperazine rings is 1. The molecular formula is C16H25FN2O. The van der Waals surface area contributed by atoms with Gasteiger partial charge in [-0.25, -0.2) is 4.39 Å². The lowest BCUT2D eigenvalue weighted by Crippen LogP contribution is -2.45. The highest BCUT2D eigenvalue weighted by Crippen LogP contribution is 2.30. The van der Waals surface area contributed by atoms with E-state index in [1.54, 1.807) is 7.11 Å². The van der Waals surface area contributed by atoms with Crippen molar-refractivity contribution in [3.63, 3.8) is 0 Å². The summed E-state index contributed by atoms with van der Waals surface area (Å²) in [5.74, 6) is 0.435. The van der Waals surface area contributed by atoms with Crippen LogP contribution in [0, 0.1) is 5.82 Å². The van der Waals surface area contributed by atoms with Crippen LogP contribution in [0.5, 0.6) is 5.75 Å². The normalized spacial score (nSPS) is 17.9. The summed E-state index contributed by atoms with van der Waals surface area (Å²) in [4.78, 5) is 2.40. The molecule has 0 bridgehead atoms. The number of unbranched alkanes of at least 4 members (excludes halogenated alkanes) is 1. The zero-order valence-electron chi connectivity index (χ0n) is 12.5. The van der Waals surface area contributed by atoms with Crippen LogP contribution < -0.4 is 10.1 Å². The minimum Gasteiger partial charge on any atom is -0.497 e. The Kier molecular flexibility index (Phi) is 5.80. The fourth-order valence-corrected chi connectivity index (χ4v) is 2.83. The van der Waals surface area contributed by atoms with Gasteiger partial charge in [0, 0.05) is 43.9 Å². The zero-order chi connectivity index (χ0) is 14.4. The van der Waals surface area contributed by atoms with Gasteiger partial charge < -0.3 is 10.1 Å². The highest BCUT2D eigenvalue weighted by molar-refractivity contribution is 5.31. The van der Waals surface area contributed by atoms with Crippen LogP contribution in [0.4, 0.5) is 4.39 Å². The molecule has 0 aromatic heterocycles. The molecule has 0 unspecified atom stereocenters. The molecule has 1 aliphatic heterocycles. The average Bonchev–Trinajstić information content (AvgIpc) is 2.50. The smallest absolute Gasteiger partial charge is 0.131 e. The van der Waals surface area contributed by atoms with E-state index < -0.39 is 0 Å². The second-order valence-corrected chi connectivity index (χ2v) is 5.33. The maximum atomic E-state index is 14.3. The standard InChI is InChI=1S/C16H25FN2O/c1-3-4-5-16(19-10-8-18-9-11-19)14-7-6-13(20-2)12-15(14)17/h6-7,12,16,18H,3-5,8-11H2,1-2H3/t16-/m1/s1. The Morgan fingerprint density at radius 3 is 2.70 bits per heavy atom. The fraction of sp³-hybridized carbons (Fsp3) is 0.625. The largest absolute Gasteiger partial charge is 0.497 e. The Hall–Kier alpha value is -1.13. The van der Waals surface area contributed by atoms with Crippen molar-refractivity contribution in [2.24, 2.45) is 0 Å². The number of methoxy groups -OCH3 is 1. The summed E-state index contributed by atoms with van der Waals surface area (Å²) >= 11 is 0. The van der Waals surface area contributed by atoms with Crippen molar-refractivity contribution in [1.29, 1.82) is 0 Å². The molecule has 1 N–H and O–H groups in total. The van der Waals surface area contributed by atoms with Crippen LogP contribution in [0.3, 0.4) is 0 Å². The van der Waals surface area contributed by atoms with Crippen molar-refractivity contribution >= 4 is 0 Å². The predicted octanol–water partition coefficient (Wildman–Crippen LogP) is 2.97. The van der Waals surface area contributed by atoms with Crippen LogP contribution in [-0.2, 0) is 0 Å². The number of halogens is 1. The number of ether oxygens (including phenoxy) is 1. The van der Waals surface area contributed by atoms with Crippen LogP contribution in [0.2, 0.25) is 0 Å². The van der Waals surface area contributed by atoms with Crippen LogP contribution in [0.1, 0.15) is 37.8 Å². The minimum absolute atomic E-state index is 0.149. The van der Waals surface area contributed by atoms with Gasteiger partial charge in [-0.1, -0.05) is 25.8 Å². The first-order valence-electron chi connectivity index (χ1n) is 7.54. The number of hydrogen-bond donors (Lipinski definition) is 1. The lowest BCUT2D eigenvalue weighted by atomic mass is 9.98. The molecule has 112 valence electrons. The lowest BCUT2D eigenvalue weighted by molar-refractivity contribution is 0.160. The number of benzene rings is 1. The van der Waals surface area contributed by atoms with E-state index in [2.05, 4.69) is 17.1 Å². The SMILES string of the molecule is CCCC[C@H](c1ccc(OC)cc1F)N1CCNCC1. The molecule has 0 spiro atoms. The first-order chi connectivity index (χ1) is 9.76. The maximum absolute atomic E-state index is 14.3. The van der Waals surface area contributed by atoms with Gasteiger partial charge in [0.25, 0.3) is 0 Å². The second kappa shape index (κ2) is 7.60. The van der Waals surface area contributed by atoms with Gasteiger partial charge in [0.1, 0.15) is 11.6 Å². The molecule has 0 saturated carbocycles. The Morgan fingerprint density at radius 2 is 2.10 bits per heavy atom. The van der Waals surface area contributed by atoms with Crippen LogP contribution in [0.25, 0.3) is 0 Å². The monoisotopic (exact) mass is 280 g/mol. The van der Waals surface area contributed by atoms with Gasteiger partial charge in [0.15, 0.2) is 0 Å². The van der Waals surface area contributed by atoms with E-state index in [0.717, 1.165) is 51.0 Å². The average molecular weight is 280 g/mol. The van der Waals surface area contributed by atoms with Crippen molar-refractivity contribution in [2.45, 2.75) is 32.2 Å². The lowest BCUT2D eigenvalue weighted by Gasteiger charge is -2.35. The molecule has 1 aromatic rings. The third-order valence-electron chi connectivity index (χ3n) is 3.99. The molecule has 3 nitrogen and oxygen atoms in total. The molecular weight excluding hydrogens is 255 g/mol. The van der Waals surface area contributed by atoms with Gasteiger partial charge in [0.2, 0.25) is 0 Å². The predicted molar refractivity (Wildman–Crippen MR) is 79.7 cm³/mol. The molecule has 1 aliphatic rings. The summed E-state index contributed by atoms with van der Waals surface area (Å²) in [7, 11) is 1.57. The van der Waals surface area contributed by atoms with Crippen molar-refractivity contribution in [3.8, 4) is 5.75 Å². The molecule has 4 heteroatoms. The summed E-state index contributed by atoms with van der Waals surface area (Å²) in [6.07, 6.45) is 3.28. The topological polar surface area (TPSA) is 24.5 Å². The Labute approximate surface area is 121 Å². The molecule has 20 heavy (non-hydrogen) atoms. The Balaban J connectivity index is 2.20. The molecule has 0 aliphatic carbocycles. The molecule has 1 saturated heterocycles. The van der Waals surface area contributed by atoms with E-state index in [9.17, 15) is 4.39 Å². The van der Waals surface area contributed by atoms with Crippen LogP contribution in [-0.4, -0.2) is 38.2 Å². The van der Waals surface area contributed by atoms with E-state index in [0.29, 0.717) is 5.75 Å². The zero-order valence-corrected chi connectivity index (χ0v) is 12.5.